The predicted octanol–water partition coefficient (Wildman–Crippen LogP) is 4.42. The van der Waals surface area contributed by atoms with Crippen molar-refractivity contribution in [3.63, 3.8) is 0 Å². The second-order valence-electron chi connectivity index (χ2n) is 6.87. The van der Waals surface area contributed by atoms with Crippen molar-refractivity contribution in [1.82, 2.24) is 9.55 Å². The number of ketones is 1. The van der Waals surface area contributed by atoms with Gasteiger partial charge in [0.25, 0.3) is 5.56 Å². The Labute approximate surface area is 179 Å². The third-order valence-corrected chi connectivity index (χ3v) is 4.72. The number of aromatic hydroxyl groups is 1. The fourth-order valence-corrected chi connectivity index (χ4v) is 3.35. The molecular formula is C23H15F3N2O4. The predicted molar refractivity (Wildman–Crippen MR) is 110 cm³/mol. The number of nitrogens with zero attached hydrogens (tertiary/aromatic N) is 2. The molecule has 9 heteroatoms. The lowest BCUT2D eigenvalue weighted by molar-refractivity contribution is -0.274. The number of para-hydroxylation sites is 1. The molecule has 2 aromatic heterocycles. The second kappa shape index (κ2) is 8.18. The van der Waals surface area contributed by atoms with Gasteiger partial charge in [0, 0.05) is 12.6 Å². The molecule has 0 saturated heterocycles. The van der Waals surface area contributed by atoms with Crippen molar-refractivity contribution in [2.75, 3.05) is 0 Å². The van der Waals surface area contributed by atoms with Crippen LogP contribution in [0.2, 0.25) is 0 Å². The Morgan fingerprint density at radius 3 is 2.34 bits per heavy atom. The first-order valence-electron chi connectivity index (χ1n) is 9.40. The molecule has 6 nitrogen and oxygen atoms in total. The summed E-state index contributed by atoms with van der Waals surface area (Å²) in [7, 11) is 0. The largest absolute Gasteiger partial charge is 0.573 e. The number of hydrogen-bond acceptors (Lipinski definition) is 5. The van der Waals surface area contributed by atoms with Crippen LogP contribution in [0, 0.1) is 0 Å². The quantitative estimate of drug-likeness (QED) is 0.465. The summed E-state index contributed by atoms with van der Waals surface area (Å²) in [5.74, 6) is -1.61. The Kier molecular flexibility index (Phi) is 5.40. The first-order chi connectivity index (χ1) is 15.2. The van der Waals surface area contributed by atoms with Gasteiger partial charge in [-0.3, -0.25) is 14.2 Å². The van der Waals surface area contributed by atoms with Crippen molar-refractivity contribution in [1.29, 1.82) is 0 Å². The molecule has 0 atom stereocenters. The molecule has 2 heterocycles. The van der Waals surface area contributed by atoms with Gasteiger partial charge in [-0.05, 0) is 42.0 Å². The average molecular weight is 440 g/mol. The van der Waals surface area contributed by atoms with E-state index in [1.807, 2.05) is 0 Å². The number of hydrogen-bond donors (Lipinski definition) is 1. The van der Waals surface area contributed by atoms with Gasteiger partial charge in [0.2, 0.25) is 0 Å². The number of carbonyl (C=O) groups excluding carboxylic acids is 1. The lowest BCUT2D eigenvalue weighted by Gasteiger charge is -2.14. The van der Waals surface area contributed by atoms with Crippen LogP contribution in [0.5, 0.6) is 11.5 Å². The number of benzene rings is 2. The van der Waals surface area contributed by atoms with Gasteiger partial charge in [0.15, 0.2) is 11.4 Å². The van der Waals surface area contributed by atoms with Crippen LogP contribution < -0.4 is 10.3 Å². The van der Waals surface area contributed by atoms with Crippen LogP contribution in [-0.4, -0.2) is 26.8 Å². The highest BCUT2D eigenvalue weighted by molar-refractivity contribution is 6.04. The number of carbonyl (C=O) groups is 1. The van der Waals surface area contributed by atoms with Crippen LogP contribution in [0.15, 0.2) is 77.7 Å². The van der Waals surface area contributed by atoms with Crippen LogP contribution in [0.3, 0.4) is 0 Å². The molecule has 0 aliphatic heterocycles. The maximum absolute atomic E-state index is 13.2. The summed E-state index contributed by atoms with van der Waals surface area (Å²) >= 11 is 0. The van der Waals surface area contributed by atoms with Crippen LogP contribution >= 0.6 is 0 Å². The first-order valence-corrected chi connectivity index (χ1v) is 9.40. The van der Waals surface area contributed by atoms with Crippen molar-refractivity contribution in [3.8, 4) is 17.2 Å². The summed E-state index contributed by atoms with van der Waals surface area (Å²) in [6, 6.07) is 16.4. The molecule has 4 rings (SSSR count). The molecule has 32 heavy (non-hydrogen) atoms. The number of alkyl halides is 3. The molecule has 0 spiro atoms. The monoisotopic (exact) mass is 440 g/mol. The minimum atomic E-state index is -4.83. The second-order valence-corrected chi connectivity index (χ2v) is 6.87. The summed E-state index contributed by atoms with van der Waals surface area (Å²) in [4.78, 5) is 30.4. The summed E-state index contributed by atoms with van der Waals surface area (Å²) in [6.07, 6.45) is -3.67. The minimum absolute atomic E-state index is 0.186. The van der Waals surface area contributed by atoms with Crippen LogP contribution in [0.1, 0.15) is 15.9 Å². The smallest absolute Gasteiger partial charge is 0.506 e. The molecule has 0 unspecified atom stereocenters. The summed E-state index contributed by atoms with van der Waals surface area (Å²) in [5, 5.41) is 10.9. The number of rotatable bonds is 5. The Morgan fingerprint density at radius 2 is 1.69 bits per heavy atom. The van der Waals surface area contributed by atoms with E-state index in [0.29, 0.717) is 11.3 Å². The Balaban J connectivity index is 1.76. The van der Waals surface area contributed by atoms with E-state index in [2.05, 4.69) is 9.72 Å². The molecule has 0 saturated carbocycles. The maximum Gasteiger partial charge on any atom is 0.573 e. The molecule has 2 aromatic carbocycles. The van der Waals surface area contributed by atoms with Crippen molar-refractivity contribution in [2.24, 2.45) is 0 Å². The van der Waals surface area contributed by atoms with Gasteiger partial charge in [-0.1, -0.05) is 30.3 Å². The van der Waals surface area contributed by atoms with Gasteiger partial charge in [-0.15, -0.1) is 13.2 Å². The van der Waals surface area contributed by atoms with Gasteiger partial charge in [0.1, 0.15) is 17.1 Å². The number of Topliss-reactive ketones (excluding diaryl/α,β-unsaturated/α-hetero) is 1. The third-order valence-electron chi connectivity index (χ3n) is 4.72. The highest BCUT2D eigenvalue weighted by Gasteiger charge is 2.31. The molecule has 4 aromatic rings. The molecule has 1 N–H and O–H groups in total. The van der Waals surface area contributed by atoms with Crippen molar-refractivity contribution in [2.45, 2.75) is 12.8 Å². The van der Waals surface area contributed by atoms with Crippen molar-refractivity contribution in [3.05, 3.63) is 94.4 Å². The first kappa shape index (κ1) is 21.1. The number of halogens is 3. The number of ether oxygens (including phenoxy) is 1. The Bertz CT molecular complexity index is 1350. The van der Waals surface area contributed by atoms with E-state index in [1.165, 1.54) is 29.0 Å². The molecule has 0 fully saturated rings. The number of aromatic nitrogens is 2. The van der Waals surface area contributed by atoms with Gasteiger partial charge in [-0.25, -0.2) is 4.98 Å². The average Bonchev–Trinajstić information content (AvgIpc) is 2.75. The molecule has 0 bridgehead atoms. The molecule has 0 aliphatic rings. The van der Waals surface area contributed by atoms with Crippen molar-refractivity contribution < 1.29 is 27.8 Å². The van der Waals surface area contributed by atoms with E-state index in [1.54, 1.807) is 36.4 Å². The fraction of sp³-hybridized carbons (Fsp3) is 0.0870. The van der Waals surface area contributed by atoms with Crippen molar-refractivity contribution >= 4 is 16.8 Å². The standard InChI is InChI=1S/C23H15F3N2O4/c24-23(25,26)32-16-10-8-14(9-11-16)13-18(29)19-20(30)17-7-4-12-27-21(17)28(22(19)31)15-5-2-1-3-6-15/h1-12,30H,13H2. The van der Waals surface area contributed by atoms with Gasteiger partial charge >= 0.3 is 6.36 Å². The van der Waals surface area contributed by atoms with Gasteiger partial charge in [-0.2, -0.15) is 0 Å². The minimum Gasteiger partial charge on any atom is -0.506 e. The van der Waals surface area contributed by atoms with Gasteiger partial charge < -0.3 is 9.84 Å². The van der Waals surface area contributed by atoms with E-state index in [0.717, 1.165) is 12.1 Å². The van der Waals surface area contributed by atoms with E-state index in [-0.39, 0.29) is 17.5 Å². The highest BCUT2D eigenvalue weighted by atomic mass is 19.4. The zero-order valence-electron chi connectivity index (χ0n) is 16.3. The molecule has 0 amide bonds. The zero-order valence-corrected chi connectivity index (χ0v) is 16.3. The molecule has 0 radical (unpaired) electrons. The lowest BCUT2D eigenvalue weighted by atomic mass is 10.0. The normalized spacial score (nSPS) is 11.5. The van der Waals surface area contributed by atoms with E-state index >= 15 is 0 Å². The summed E-state index contributed by atoms with van der Waals surface area (Å²) in [6.45, 7) is 0. The molecule has 162 valence electrons. The number of pyridine rings is 2. The summed E-state index contributed by atoms with van der Waals surface area (Å²) < 4.78 is 42.0. The Hall–Kier alpha value is -4.14. The number of fused-ring (bicyclic) bond motifs is 1. The molecular weight excluding hydrogens is 425 g/mol. The lowest BCUT2D eigenvalue weighted by Crippen LogP contribution is -2.27. The summed E-state index contributed by atoms with van der Waals surface area (Å²) in [5.41, 5.74) is -0.178. The van der Waals surface area contributed by atoms with E-state index in [4.69, 9.17) is 0 Å². The van der Waals surface area contributed by atoms with E-state index < -0.39 is 34.8 Å². The third kappa shape index (κ3) is 4.18. The zero-order chi connectivity index (χ0) is 22.9. The topological polar surface area (TPSA) is 81.4 Å². The van der Waals surface area contributed by atoms with Crippen LogP contribution in [0.4, 0.5) is 13.2 Å². The SMILES string of the molecule is O=C(Cc1ccc(OC(F)(F)F)cc1)c1c(O)c2cccnc2n(-c2ccccc2)c1=O. The van der Waals surface area contributed by atoms with E-state index in [9.17, 15) is 27.9 Å². The van der Waals surface area contributed by atoms with Crippen LogP contribution in [-0.2, 0) is 6.42 Å². The van der Waals surface area contributed by atoms with Crippen LogP contribution in [0.25, 0.3) is 16.7 Å². The fourth-order valence-electron chi connectivity index (χ4n) is 3.35. The molecule has 0 aliphatic carbocycles. The maximum atomic E-state index is 13.2. The Morgan fingerprint density at radius 1 is 1.00 bits per heavy atom. The highest BCUT2D eigenvalue weighted by Crippen LogP contribution is 2.28. The van der Waals surface area contributed by atoms with Gasteiger partial charge in [0.05, 0.1) is 11.1 Å².